The summed E-state index contributed by atoms with van der Waals surface area (Å²) in [7, 11) is 0. The van der Waals surface area contributed by atoms with Crippen LogP contribution in [-0.2, 0) is 0 Å². The molecule has 3 rings (SSSR count). The van der Waals surface area contributed by atoms with Gasteiger partial charge in [-0.05, 0) is 19.8 Å². The molecule has 104 valence electrons. The summed E-state index contributed by atoms with van der Waals surface area (Å²) in [6, 6.07) is 3.36. The molecule has 1 aliphatic rings. The molecule has 0 aliphatic carbocycles. The molecule has 0 unspecified atom stereocenters. The summed E-state index contributed by atoms with van der Waals surface area (Å²) < 4.78 is 4.88. The van der Waals surface area contributed by atoms with Crippen molar-refractivity contribution >= 4 is 17.5 Å². The van der Waals surface area contributed by atoms with Crippen molar-refractivity contribution in [2.45, 2.75) is 19.8 Å². The Hall–Kier alpha value is -2.44. The Morgan fingerprint density at radius 2 is 2.10 bits per heavy atom. The summed E-state index contributed by atoms with van der Waals surface area (Å²) in [6.45, 7) is 3.72. The van der Waals surface area contributed by atoms with Gasteiger partial charge in [0.1, 0.15) is 23.7 Å². The summed E-state index contributed by atoms with van der Waals surface area (Å²) in [5.74, 6) is 1.56. The molecule has 1 saturated heterocycles. The van der Waals surface area contributed by atoms with Crippen molar-refractivity contribution in [1.82, 2.24) is 15.1 Å². The number of hydrogen-bond acceptors (Lipinski definition) is 6. The first-order chi connectivity index (χ1) is 9.72. The van der Waals surface area contributed by atoms with Gasteiger partial charge in [0, 0.05) is 25.2 Å². The predicted octanol–water partition coefficient (Wildman–Crippen LogP) is 1.63. The number of aryl methyl sites for hydroxylation is 1. The zero-order chi connectivity index (χ0) is 13.9. The van der Waals surface area contributed by atoms with E-state index in [-0.39, 0.29) is 11.6 Å². The predicted molar refractivity (Wildman–Crippen MR) is 72.7 cm³/mol. The van der Waals surface area contributed by atoms with Crippen molar-refractivity contribution in [3.05, 3.63) is 29.9 Å². The van der Waals surface area contributed by atoms with Gasteiger partial charge in [-0.1, -0.05) is 5.16 Å². The van der Waals surface area contributed by atoms with Gasteiger partial charge in [0.25, 0.3) is 5.91 Å². The average molecular weight is 273 g/mol. The van der Waals surface area contributed by atoms with E-state index in [0.717, 1.165) is 18.9 Å². The monoisotopic (exact) mass is 273 g/mol. The van der Waals surface area contributed by atoms with E-state index in [1.165, 1.54) is 19.2 Å². The molecule has 7 heteroatoms. The fraction of sp³-hybridized carbons (Fsp3) is 0.385. The van der Waals surface area contributed by atoms with Crippen molar-refractivity contribution in [3.8, 4) is 0 Å². The zero-order valence-corrected chi connectivity index (χ0v) is 11.2. The lowest BCUT2D eigenvalue weighted by molar-refractivity contribution is 0.101. The third-order valence-electron chi connectivity index (χ3n) is 3.18. The standard InChI is InChI=1S/C13H15N5O2/c1-9-6-10(17-20-9)13(19)16-11-7-12(15-8-14-11)18-4-2-3-5-18/h6-8H,2-5H2,1H3,(H,14,15,16,19). The number of carbonyl (C=O) groups excluding carboxylic acids is 1. The molecule has 0 saturated carbocycles. The highest BCUT2D eigenvalue weighted by Gasteiger charge is 2.16. The second-order valence-corrected chi connectivity index (χ2v) is 4.73. The van der Waals surface area contributed by atoms with Crippen LogP contribution in [0.4, 0.5) is 11.6 Å². The van der Waals surface area contributed by atoms with Crippen molar-refractivity contribution < 1.29 is 9.32 Å². The van der Waals surface area contributed by atoms with Crippen LogP contribution in [-0.4, -0.2) is 34.1 Å². The number of carbonyl (C=O) groups is 1. The lowest BCUT2D eigenvalue weighted by Crippen LogP contribution is -2.20. The summed E-state index contributed by atoms with van der Waals surface area (Å²) in [6.07, 6.45) is 3.80. The number of aromatic nitrogens is 3. The van der Waals surface area contributed by atoms with Crippen LogP contribution in [0.3, 0.4) is 0 Å². The van der Waals surface area contributed by atoms with Crippen molar-refractivity contribution in [3.63, 3.8) is 0 Å². The second kappa shape index (κ2) is 5.28. The first-order valence-electron chi connectivity index (χ1n) is 6.54. The molecule has 0 atom stereocenters. The maximum absolute atomic E-state index is 12.0. The summed E-state index contributed by atoms with van der Waals surface area (Å²) >= 11 is 0. The van der Waals surface area contributed by atoms with Crippen LogP contribution < -0.4 is 10.2 Å². The summed E-state index contributed by atoms with van der Waals surface area (Å²) in [5.41, 5.74) is 0.240. The van der Waals surface area contributed by atoms with E-state index >= 15 is 0 Å². The molecule has 7 nitrogen and oxygen atoms in total. The first-order valence-corrected chi connectivity index (χ1v) is 6.54. The van der Waals surface area contributed by atoms with E-state index in [1.54, 1.807) is 19.1 Å². The molecule has 1 aliphatic heterocycles. The number of anilines is 2. The second-order valence-electron chi connectivity index (χ2n) is 4.73. The summed E-state index contributed by atoms with van der Waals surface area (Å²) in [4.78, 5) is 22.4. The fourth-order valence-electron chi connectivity index (χ4n) is 2.19. The van der Waals surface area contributed by atoms with Gasteiger partial charge >= 0.3 is 0 Å². The molecular weight excluding hydrogens is 258 g/mol. The normalized spacial score (nSPS) is 14.6. The van der Waals surface area contributed by atoms with Crippen LogP contribution in [0.25, 0.3) is 0 Å². The smallest absolute Gasteiger partial charge is 0.279 e. The maximum atomic E-state index is 12.0. The van der Waals surface area contributed by atoms with Gasteiger partial charge in [0.15, 0.2) is 5.69 Å². The minimum atomic E-state index is -0.340. The van der Waals surface area contributed by atoms with Crippen LogP contribution >= 0.6 is 0 Å². The molecule has 1 N–H and O–H groups in total. The molecule has 20 heavy (non-hydrogen) atoms. The molecule has 3 heterocycles. The first kappa shape index (κ1) is 12.6. The number of rotatable bonds is 3. The molecular formula is C13H15N5O2. The van der Waals surface area contributed by atoms with Crippen LogP contribution in [0.5, 0.6) is 0 Å². The number of hydrogen-bond donors (Lipinski definition) is 1. The third kappa shape index (κ3) is 2.61. The average Bonchev–Trinajstić information content (AvgIpc) is 3.10. The topological polar surface area (TPSA) is 84.2 Å². The number of amides is 1. The molecule has 1 amide bonds. The third-order valence-corrected chi connectivity index (χ3v) is 3.18. The minimum absolute atomic E-state index is 0.240. The van der Waals surface area contributed by atoms with Gasteiger partial charge in [0.2, 0.25) is 0 Å². The largest absolute Gasteiger partial charge is 0.361 e. The Balaban J connectivity index is 1.74. The fourth-order valence-corrected chi connectivity index (χ4v) is 2.19. The van der Waals surface area contributed by atoms with E-state index in [9.17, 15) is 4.79 Å². The minimum Gasteiger partial charge on any atom is -0.361 e. The zero-order valence-electron chi connectivity index (χ0n) is 11.2. The molecule has 2 aromatic heterocycles. The quantitative estimate of drug-likeness (QED) is 0.914. The lowest BCUT2D eigenvalue weighted by Gasteiger charge is -2.16. The van der Waals surface area contributed by atoms with E-state index in [1.807, 2.05) is 0 Å². The van der Waals surface area contributed by atoms with Crippen LogP contribution in [0, 0.1) is 6.92 Å². The van der Waals surface area contributed by atoms with Crippen LogP contribution in [0.15, 0.2) is 23.0 Å². The Bertz CT molecular complexity index is 619. The molecule has 0 aromatic carbocycles. The van der Waals surface area contributed by atoms with Crippen molar-refractivity contribution in [2.24, 2.45) is 0 Å². The van der Waals surface area contributed by atoms with Gasteiger partial charge in [0.05, 0.1) is 0 Å². The van der Waals surface area contributed by atoms with E-state index in [0.29, 0.717) is 11.6 Å². The van der Waals surface area contributed by atoms with E-state index in [4.69, 9.17) is 4.52 Å². The lowest BCUT2D eigenvalue weighted by atomic mass is 10.3. The number of nitrogens with one attached hydrogen (secondary N) is 1. The molecule has 1 fully saturated rings. The Morgan fingerprint density at radius 1 is 1.30 bits per heavy atom. The SMILES string of the molecule is Cc1cc(C(=O)Nc2cc(N3CCCC3)ncn2)no1. The Morgan fingerprint density at radius 3 is 2.80 bits per heavy atom. The highest BCUT2D eigenvalue weighted by Crippen LogP contribution is 2.19. The van der Waals surface area contributed by atoms with Crippen LogP contribution in [0.1, 0.15) is 29.1 Å². The molecule has 0 bridgehead atoms. The van der Waals surface area contributed by atoms with Gasteiger partial charge < -0.3 is 14.7 Å². The molecule has 0 radical (unpaired) electrons. The van der Waals surface area contributed by atoms with E-state index < -0.39 is 0 Å². The molecule has 0 spiro atoms. The van der Waals surface area contributed by atoms with Gasteiger partial charge in [-0.25, -0.2) is 9.97 Å². The van der Waals surface area contributed by atoms with Gasteiger partial charge in [-0.3, -0.25) is 4.79 Å². The maximum Gasteiger partial charge on any atom is 0.279 e. The number of nitrogens with zero attached hydrogens (tertiary/aromatic N) is 4. The highest BCUT2D eigenvalue weighted by molar-refractivity contribution is 6.02. The highest BCUT2D eigenvalue weighted by atomic mass is 16.5. The van der Waals surface area contributed by atoms with Crippen molar-refractivity contribution in [2.75, 3.05) is 23.3 Å². The van der Waals surface area contributed by atoms with E-state index in [2.05, 4.69) is 25.3 Å². The van der Waals surface area contributed by atoms with Crippen molar-refractivity contribution in [1.29, 1.82) is 0 Å². The Labute approximate surface area is 116 Å². The van der Waals surface area contributed by atoms with Crippen LogP contribution in [0.2, 0.25) is 0 Å². The molecule has 2 aromatic rings. The van der Waals surface area contributed by atoms with Gasteiger partial charge in [-0.15, -0.1) is 0 Å². The van der Waals surface area contributed by atoms with Gasteiger partial charge in [-0.2, -0.15) is 0 Å². The Kier molecular flexibility index (Phi) is 3.32. The summed E-state index contributed by atoms with van der Waals surface area (Å²) in [5, 5.41) is 6.37.